The van der Waals surface area contributed by atoms with Gasteiger partial charge >= 0.3 is 0 Å². The van der Waals surface area contributed by atoms with Crippen molar-refractivity contribution >= 4 is 11.8 Å². The first kappa shape index (κ1) is 11.1. The van der Waals surface area contributed by atoms with E-state index in [2.05, 4.69) is 19.9 Å². The molecular weight excluding hydrogens is 222 g/mol. The first-order valence-electron chi connectivity index (χ1n) is 4.98. The van der Waals surface area contributed by atoms with E-state index in [0.29, 0.717) is 5.16 Å². The van der Waals surface area contributed by atoms with Gasteiger partial charge in [0.15, 0.2) is 10.3 Å². The van der Waals surface area contributed by atoms with Gasteiger partial charge in [-0.2, -0.15) is 0 Å². The summed E-state index contributed by atoms with van der Waals surface area (Å²) in [7, 11) is 0. The van der Waals surface area contributed by atoms with Gasteiger partial charge in [0.05, 0.1) is 0 Å². The fourth-order valence-electron chi connectivity index (χ4n) is 1.27. The lowest BCUT2D eigenvalue weighted by Crippen LogP contribution is -2.17. The van der Waals surface area contributed by atoms with Crippen LogP contribution in [0.5, 0.6) is 0 Å². The van der Waals surface area contributed by atoms with Crippen molar-refractivity contribution in [2.75, 3.05) is 0 Å². The number of nitrogens with two attached hydrogens (primary N) is 1. The number of imidazole rings is 1. The van der Waals surface area contributed by atoms with Crippen LogP contribution in [0, 0.1) is 0 Å². The van der Waals surface area contributed by atoms with Crippen LogP contribution in [0.4, 0.5) is 0 Å². The third-order valence-corrected chi connectivity index (χ3v) is 2.71. The maximum atomic E-state index is 5.70. The van der Waals surface area contributed by atoms with Crippen LogP contribution in [0.2, 0.25) is 0 Å². The van der Waals surface area contributed by atoms with E-state index in [4.69, 9.17) is 5.73 Å². The standard InChI is InChI=1S/C10H13N5S/c1-7(11)4-8-5-14-10(15-6-8)16-9-12-2-3-13-9/h2-3,5-7H,4,11H2,1H3,(H,12,13). The molecule has 2 aromatic rings. The van der Waals surface area contributed by atoms with Crippen molar-refractivity contribution in [1.29, 1.82) is 0 Å². The monoisotopic (exact) mass is 235 g/mol. The van der Waals surface area contributed by atoms with Crippen molar-refractivity contribution in [3.63, 3.8) is 0 Å². The van der Waals surface area contributed by atoms with E-state index in [1.54, 1.807) is 12.4 Å². The van der Waals surface area contributed by atoms with Crippen molar-refractivity contribution in [2.24, 2.45) is 5.73 Å². The Morgan fingerprint density at radius 2 is 2.12 bits per heavy atom. The van der Waals surface area contributed by atoms with Crippen LogP contribution in [-0.4, -0.2) is 26.0 Å². The molecule has 2 heterocycles. The van der Waals surface area contributed by atoms with E-state index in [1.165, 1.54) is 11.8 Å². The van der Waals surface area contributed by atoms with Crippen LogP contribution in [0.15, 0.2) is 35.1 Å². The number of nitrogens with zero attached hydrogens (tertiary/aromatic N) is 3. The average molecular weight is 235 g/mol. The number of H-pyrrole nitrogens is 1. The third kappa shape index (κ3) is 3.04. The molecular formula is C10H13N5S. The maximum Gasteiger partial charge on any atom is 0.195 e. The Balaban J connectivity index is 2.02. The fourth-order valence-corrected chi connectivity index (χ4v) is 1.89. The number of hydrogen-bond acceptors (Lipinski definition) is 5. The van der Waals surface area contributed by atoms with Gasteiger partial charge < -0.3 is 10.7 Å². The van der Waals surface area contributed by atoms with Gasteiger partial charge in [0.25, 0.3) is 0 Å². The molecule has 1 unspecified atom stereocenters. The molecule has 0 bridgehead atoms. The van der Waals surface area contributed by atoms with Crippen LogP contribution >= 0.6 is 11.8 Å². The Bertz CT molecular complexity index is 423. The lowest BCUT2D eigenvalue weighted by molar-refractivity contribution is 0.727. The summed E-state index contributed by atoms with van der Waals surface area (Å²) >= 11 is 1.40. The van der Waals surface area contributed by atoms with Crippen molar-refractivity contribution in [3.8, 4) is 0 Å². The maximum absolute atomic E-state index is 5.70. The first-order chi connectivity index (χ1) is 7.74. The molecule has 84 valence electrons. The predicted molar refractivity (Wildman–Crippen MR) is 62.1 cm³/mol. The molecule has 0 spiro atoms. The summed E-state index contributed by atoms with van der Waals surface area (Å²) in [5.74, 6) is 0. The molecule has 1 atom stereocenters. The Hall–Kier alpha value is -1.40. The fraction of sp³-hybridized carbons (Fsp3) is 0.300. The van der Waals surface area contributed by atoms with Crippen LogP contribution < -0.4 is 5.73 Å². The molecule has 0 fully saturated rings. The zero-order valence-electron chi connectivity index (χ0n) is 8.92. The minimum Gasteiger partial charge on any atom is -0.339 e. The Labute approximate surface area is 97.9 Å². The number of nitrogens with one attached hydrogen (secondary N) is 1. The SMILES string of the molecule is CC(N)Cc1cnc(Sc2ncc[nH]2)nc1. The molecule has 6 heteroatoms. The minimum atomic E-state index is 0.132. The summed E-state index contributed by atoms with van der Waals surface area (Å²) in [6.45, 7) is 1.96. The molecule has 2 aromatic heterocycles. The first-order valence-corrected chi connectivity index (χ1v) is 5.79. The smallest absolute Gasteiger partial charge is 0.195 e. The van der Waals surface area contributed by atoms with Crippen LogP contribution in [0.25, 0.3) is 0 Å². The summed E-state index contributed by atoms with van der Waals surface area (Å²) in [4.78, 5) is 15.6. The van der Waals surface area contributed by atoms with E-state index < -0.39 is 0 Å². The number of aromatic amines is 1. The number of hydrogen-bond donors (Lipinski definition) is 2. The van der Waals surface area contributed by atoms with Crippen LogP contribution in [0.3, 0.4) is 0 Å². The van der Waals surface area contributed by atoms with Crippen molar-refractivity contribution in [1.82, 2.24) is 19.9 Å². The van der Waals surface area contributed by atoms with Crippen LogP contribution in [-0.2, 0) is 6.42 Å². The van der Waals surface area contributed by atoms with Crippen molar-refractivity contribution < 1.29 is 0 Å². The predicted octanol–water partition coefficient (Wildman–Crippen LogP) is 1.24. The highest BCUT2D eigenvalue weighted by atomic mass is 32.2. The number of aromatic nitrogens is 4. The normalized spacial score (nSPS) is 12.6. The highest BCUT2D eigenvalue weighted by molar-refractivity contribution is 7.99. The van der Waals surface area contributed by atoms with Gasteiger partial charge in [-0.1, -0.05) is 0 Å². The summed E-state index contributed by atoms with van der Waals surface area (Å²) in [6, 6.07) is 0.132. The topological polar surface area (TPSA) is 80.5 Å². The summed E-state index contributed by atoms with van der Waals surface area (Å²) < 4.78 is 0. The molecule has 0 radical (unpaired) electrons. The largest absolute Gasteiger partial charge is 0.339 e. The lowest BCUT2D eigenvalue weighted by Gasteiger charge is -2.04. The van der Waals surface area contributed by atoms with E-state index in [9.17, 15) is 0 Å². The number of rotatable bonds is 4. The highest BCUT2D eigenvalue weighted by Crippen LogP contribution is 2.19. The van der Waals surface area contributed by atoms with Crippen LogP contribution in [0.1, 0.15) is 12.5 Å². The molecule has 0 saturated heterocycles. The van der Waals surface area contributed by atoms with E-state index >= 15 is 0 Å². The van der Waals surface area contributed by atoms with Gasteiger partial charge in [-0.05, 0) is 30.7 Å². The van der Waals surface area contributed by atoms with Crippen molar-refractivity contribution in [3.05, 3.63) is 30.4 Å². The molecule has 2 rings (SSSR count). The van der Waals surface area contributed by atoms with Gasteiger partial charge in [-0.25, -0.2) is 15.0 Å². The molecule has 0 aliphatic rings. The Kier molecular flexibility index (Phi) is 3.53. The molecule has 3 N–H and O–H groups in total. The Morgan fingerprint density at radius 1 is 1.38 bits per heavy atom. The summed E-state index contributed by atoms with van der Waals surface area (Å²) in [6.07, 6.45) is 7.88. The zero-order chi connectivity index (χ0) is 11.4. The second kappa shape index (κ2) is 5.09. The third-order valence-electron chi connectivity index (χ3n) is 1.90. The molecule has 0 aliphatic carbocycles. The van der Waals surface area contributed by atoms with Gasteiger partial charge in [0.2, 0.25) is 0 Å². The van der Waals surface area contributed by atoms with Gasteiger partial charge in [-0.3, -0.25) is 0 Å². The molecule has 16 heavy (non-hydrogen) atoms. The lowest BCUT2D eigenvalue weighted by atomic mass is 10.1. The van der Waals surface area contributed by atoms with Gasteiger partial charge in [0.1, 0.15) is 0 Å². The van der Waals surface area contributed by atoms with Gasteiger partial charge in [0, 0.05) is 30.8 Å². The molecule has 0 aliphatic heterocycles. The second-order valence-corrected chi connectivity index (χ2v) is 4.51. The highest BCUT2D eigenvalue weighted by Gasteiger charge is 2.03. The molecule has 0 aromatic carbocycles. The Morgan fingerprint density at radius 3 is 2.69 bits per heavy atom. The second-order valence-electron chi connectivity index (χ2n) is 3.55. The van der Waals surface area contributed by atoms with E-state index in [1.807, 2.05) is 19.3 Å². The average Bonchev–Trinajstić information content (AvgIpc) is 2.73. The molecule has 5 nitrogen and oxygen atoms in total. The molecule has 0 amide bonds. The minimum absolute atomic E-state index is 0.132. The molecule has 0 saturated carbocycles. The van der Waals surface area contributed by atoms with E-state index in [0.717, 1.165) is 17.1 Å². The van der Waals surface area contributed by atoms with Crippen molar-refractivity contribution in [2.45, 2.75) is 29.7 Å². The van der Waals surface area contributed by atoms with Gasteiger partial charge in [-0.15, -0.1) is 0 Å². The summed E-state index contributed by atoms with van der Waals surface area (Å²) in [5.41, 5.74) is 6.75. The quantitative estimate of drug-likeness (QED) is 0.779. The summed E-state index contributed by atoms with van der Waals surface area (Å²) in [5, 5.41) is 1.48. The zero-order valence-corrected chi connectivity index (χ0v) is 9.74. The van der Waals surface area contributed by atoms with E-state index in [-0.39, 0.29) is 6.04 Å².